The Hall–Kier alpha value is -1.38. The van der Waals surface area contributed by atoms with E-state index >= 15 is 0 Å². The molecule has 0 saturated carbocycles. The number of esters is 1. The Morgan fingerprint density at radius 3 is 2.67 bits per heavy atom. The van der Waals surface area contributed by atoms with Gasteiger partial charge in [-0.15, -0.1) is 0 Å². The van der Waals surface area contributed by atoms with E-state index in [0.717, 1.165) is 12.7 Å². The van der Waals surface area contributed by atoms with Crippen molar-refractivity contribution in [1.82, 2.24) is 0 Å². The Labute approximate surface area is 89.8 Å². The summed E-state index contributed by atoms with van der Waals surface area (Å²) in [6, 6.07) is 0. The van der Waals surface area contributed by atoms with Crippen molar-refractivity contribution in [3.05, 3.63) is 24.3 Å². The molecule has 0 heterocycles. The molecule has 0 radical (unpaired) electrons. The first-order chi connectivity index (χ1) is 7.25. The fraction of sp³-hybridized carbons (Fsp3) is 0.500. The number of methoxy groups -OCH3 is 1. The van der Waals surface area contributed by atoms with Gasteiger partial charge in [0.1, 0.15) is 11.7 Å². The lowest BCUT2D eigenvalue weighted by molar-refractivity contribution is -0.147. The first-order valence-electron chi connectivity index (χ1n) is 5.12. The van der Waals surface area contributed by atoms with E-state index in [1.54, 1.807) is 0 Å². The predicted molar refractivity (Wildman–Crippen MR) is 57.3 cm³/mol. The highest BCUT2D eigenvalue weighted by molar-refractivity contribution is 5.81. The van der Waals surface area contributed by atoms with Crippen LogP contribution in [-0.4, -0.2) is 19.4 Å². The van der Waals surface area contributed by atoms with Crippen molar-refractivity contribution in [3.8, 4) is 0 Å². The normalized spacial score (nSPS) is 17.4. The number of rotatable bonds is 5. The van der Waals surface area contributed by atoms with Crippen molar-refractivity contribution < 1.29 is 14.3 Å². The summed E-state index contributed by atoms with van der Waals surface area (Å²) >= 11 is 0. The summed E-state index contributed by atoms with van der Waals surface area (Å²) in [5.41, 5.74) is -0.643. The molecule has 0 aromatic rings. The number of allylic oxidation sites excluding steroid dienone is 2. The fourth-order valence-electron chi connectivity index (χ4n) is 1.76. The van der Waals surface area contributed by atoms with E-state index in [0.29, 0.717) is 19.3 Å². The second kappa shape index (κ2) is 5.49. The van der Waals surface area contributed by atoms with Gasteiger partial charge >= 0.3 is 5.97 Å². The van der Waals surface area contributed by atoms with E-state index < -0.39 is 5.41 Å². The van der Waals surface area contributed by atoms with Crippen molar-refractivity contribution in [2.75, 3.05) is 7.11 Å². The Morgan fingerprint density at radius 2 is 2.13 bits per heavy atom. The van der Waals surface area contributed by atoms with Gasteiger partial charge in [0, 0.05) is 6.42 Å². The monoisotopic (exact) mass is 208 g/mol. The zero-order valence-electron chi connectivity index (χ0n) is 8.94. The average molecular weight is 208 g/mol. The molecule has 0 amide bonds. The van der Waals surface area contributed by atoms with Gasteiger partial charge in [-0.3, -0.25) is 4.79 Å². The molecule has 0 aromatic carbocycles. The fourth-order valence-corrected chi connectivity index (χ4v) is 1.76. The third kappa shape index (κ3) is 2.78. The molecule has 1 rings (SSSR count). The van der Waals surface area contributed by atoms with E-state index in [-0.39, 0.29) is 5.97 Å². The third-order valence-electron chi connectivity index (χ3n) is 2.58. The molecule has 1 aliphatic rings. The molecule has 0 aromatic heterocycles. The number of hydrogen-bond donors (Lipinski definition) is 0. The smallest absolute Gasteiger partial charge is 0.319 e. The van der Waals surface area contributed by atoms with E-state index in [1.807, 2.05) is 24.3 Å². The van der Waals surface area contributed by atoms with Crippen molar-refractivity contribution in [2.45, 2.75) is 25.7 Å². The van der Waals surface area contributed by atoms with Crippen LogP contribution in [0.2, 0.25) is 0 Å². The molecule has 0 N–H and O–H groups in total. The minimum absolute atomic E-state index is 0.249. The first-order valence-corrected chi connectivity index (χ1v) is 5.12. The van der Waals surface area contributed by atoms with E-state index in [2.05, 4.69) is 0 Å². The second-order valence-electron chi connectivity index (χ2n) is 3.63. The van der Waals surface area contributed by atoms with Gasteiger partial charge in [0.15, 0.2) is 0 Å². The maximum atomic E-state index is 11.7. The van der Waals surface area contributed by atoms with Gasteiger partial charge in [-0.25, -0.2) is 0 Å². The third-order valence-corrected chi connectivity index (χ3v) is 2.58. The lowest BCUT2D eigenvalue weighted by Crippen LogP contribution is -2.29. The maximum Gasteiger partial charge on any atom is 0.319 e. The van der Waals surface area contributed by atoms with Gasteiger partial charge in [0.25, 0.3) is 0 Å². The number of carbonyl (C=O) groups is 2. The molecule has 1 aliphatic carbocycles. The Morgan fingerprint density at radius 1 is 1.47 bits per heavy atom. The standard InChI is InChI=1S/C12H16O3/c1-15-11(14)12(9-5-6-10-13)7-3-2-4-8-12/h3-4,7-8,10H,2,5-6,9H2,1H3. The molecule has 0 bridgehead atoms. The summed E-state index contributed by atoms with van der Waals surface area (Å²) in [6.07, 6.45) is 11.2. The number of carbonyl (C=O) groups excluding carboxylic acids is 2. The number of unbranched alkanes of at least 4 members (excludes halogenated alkanes) is 1. The van der Waals surface area contributed by atoms with Gasteiger partial charge in [0.05, 0.1) is 7.11 Å². The molecule has 0 fully saturated rings. The molecule has 0 spiro atoms. The van der Waals surface area contributed by atoms with Crippen molar-refractivity contribution >= 4 is 12.3 Å². The molecule has 82 valence electrons. The van der Waals surface area contributed by atoms with Crippen molar-refractivity contribution in [3.63, 3.8) is 0 Å². The van der Waals surface area contributed by atoms with Crippen LogP contribution in [-0.2, 0) is 14.3 Å². The lowest BCUT2D eigenvalue weighted by atomic mass is 9.79. The Balaban J connectivity index is 2.72. The molecule has 0 unspecified atom stereocenters. The molecule has 3 nitrogen and oxygen atoms in total. The average Bonchev–Trinajstić information content (AvgIpc) is 2.29. The van der Waals surface area contributed by atoms with Crippen LogP contribution in [0.15, 0.2) is 24.3 Å². The first kappa shape index (κ1) is 11.7. The van der Waals surface area contributed by atoms with Crippen molar-refractivity contribution in [2.24, 2.45) is 5.41 Å². The number of ether oxygens (including phenoxy) is 1. The van der Waals surface area contributed by atoms with Crippen LogP contribution in [0.1, 0.15) is 25.7 Å². The highest BCUT2D eigenvalue weighted by Crippen LogP contribution is 2.32. The summed E-state index contributed by atoms with van der Waals surface area (Å²) in [5.74, 6) is -0.249. The van der Waals surface area contributed by atoms with Crippen LogP contribution < -0.4 is 0 Å². The highest BCUT2D eigenvalue weighted by atomic mass is 16.5. The maximum absolute atomic E-state index is 11.7. The largest absolute Gasteiger partial charge is 0.468 e. The van der Waals surface area contributed by atoms with Crippen LogP contribution in [0.4, 0.5) is 0 Å². The molecular weight excluding hydrogens is 192 g/mol. The summed E-state index contributed by atoms with van der Waals surface area (Å²) in [7, 11) is 1.39. The van der Waals surface area contributed by atoms with Gasteiger partial charge in [-0.05, 0) is 19.3 Å². The molecule has 15 heavy (non-hydrogen) atoms. The van der Waals surface area contributed by atoms with E-state index in [1.165, 1.54) is 7.11 Å². The summed E-state index contributed by atoms with van der Waals surface area (Å²) < 4.78 is 4.79. The van der Waals surface area contributed by atoms with Crippen LogP contribution in [0.3, 0.4) is 0 Å². The van der Waals surface area contributed by atoms with Gasteiger partial charge in [-0.1, -0.05) is 24.3 Å². The van der Waals surface area contributed by atoms with E-state index in [4.69, 9.17) is 4.74 Å². The SMILES string of the molecule is COC(=O)C1(CCCC=O)C=CCC=C1. The Kier molecular flexibility index (Phi) is 4.28. The van der Waals surface area contributed by atoms with Gasteiger partial charge in [-0.2, -0.15) is 0 Å². The molecular formula is C12H16O3. The molecule has 0 atom stereocenters. The minimum atomic E-state index is -0.643. The van der Waals surface area contributed by atoms with Crippen molar-refractivity contribution in [1.29, 1.82) is 0 Å². The topological polar surface area (TPSA) is 43.4 Å². The quantitative estimate of drug-likeness (QED) is 0.300. The summed E-state index contributed by atoms with van der Waals surface area (Å²) in [6.45, 7) is 0. The van der Waals surface area contributed by atoms with E-state index in [9.17, 15) is 9.59 Å². The lowest BCUT2D eigenvalue weighted by Gasteiger charge is -2.25. The number of aldehydes is 1. The summed E-state index contributed by atoms with van der Waals surface area (Å²) in [4.78, 5) is 21.9. The van der Waals surface area contributed by atoms with Crippen LogP contribution in [0.25, 0.3) is 0 Å². The second-order valence-corrected chi connectivity index (χ2v) is 3.63. The molecule has 0 aliphatic heterocycles. The van der Waals surface area contributed by atoms with Crippen LogP contribution in [0.5, 0.6) is 0 Å². The summed E-state index contributed by atoms with van der Waals surface area (Å²) in [5, 5.41) is 0. The predicted octanol–water partition coefficient (Wildman–Crippen LogP) is 2.03. The van der Waals surface area contributed by atoms with Crippen LogP contribution in [0, 0.1) is 5.41 Å². The zero-order chi connectivity index (χ0) is 11.1. The van der Waals surface area contributed by atoms with Gasteiger partial charge < -0.3 is 9.53 Å². The molecule has 0 saturated heterocycles. The highest BCUT2D eigenvalue weighted by Gasteiger charge is 2.34. The van der Waals surface area contributed by atoms with Gasteiger partial charge in [0.2, 0.25) is 0 Å². The Bertz CT molecular complexity index is 277. The number of hydrogen-bond acceptors (Lipinski definition) is 3. The minimum Gasteiger partial charge on any atom is -0.468 e. The van der Waals surface area contributed by atoms with Crippen LogP contribution >= 0.6 is 0 Å². The molecule has 3 heteroatoms. The zero-order valence-corrected chi connectivity index (χ0v) is 8.94.